The first-order valence-corrected chi connectivity index (χ1v) is 8.78. The fraction of sp³-hybridized carbons (Fsp3) is 0.375. The van der Waals surface area contributed by atoms with Gasteiger partial charge in [-0.05, 0) is 18.1 Å². The van der Waals surface area contributed by atoms with E-state index in [9.17, 15) is 4.79 Å². The number of rotatable bonds is 8. The zero-order chi connectivity index (χ0) is 16.8. The Balaban J connectivity index is 2.30. The second kappa shape index (κ2) is 8.38. The minimum atomic E-state index is -1.02. The first kappa shape index (κ1) is 17.8. The van der Waals surface area contributed by atoms with E-state index in [4.69, 9.17) is 22.4 Å². The molecule has 2 aromatic rings. The maximum absolute atomic E-state index is 11.0. The molecule has 1 heterocycles. The zero-order valence-corrected chi connectivity index (χ0v) is 14.5. The summed E-state index contributed by atoms with van der Waals surface area (Å²) in [4.78, 5) is 15.5. The summed E-state index contributed by atoms with van der Waals surface area (Å²) < 4.78 is 2.00. The molecule has 3 N–H and O–H groups in total. The Morgan fingerprint density at radius 2 is 2.22 bits per heavy atom. The van der Waals surface area contributed by atoms with Crippen molar-refractivity contribution in [2.24, 2.45) is 5.73 Å². The quantitative estimate of drug-likeness (QED) is 0.713. The highest BCUT2D eigenvalue weighted by Crippen LogP contribution is 2.24. The standard InChI is InChI=1S/C16H20ClN3O2S/c1-2-7-23-16-19-9-12(8-14(18)15(21)22)20(16)10-11-5-3-4-6-13(11)17/h3-6,9,14H,2,7-8,10,18H2,1H3,(H,21,22)/t14-/m0/s1. The molecule has 5 nitrogen and oxygen atoms in total. The lowest BCUT2D eigenvalue weighted by Crippen LogP contribution is -2.33. The molecule has 1 aromatic carbocycles. The van der Waals surface area contributed by atoms with Crippen molar-refractivity contribution >= 4 is 29.3 Å². The maximum atomic E-state index is 11.0. The topological polar surface area (TPSA) is 81.1 Å². The van der Waals surface area contributed by atoms with Crippen LogP contribution in [0, 0.1) is 0 Å². The Morgan fingerprint density at radius 1 is 1.48 bits per heavy atom. The van der Waals surface area contributed by atoms with Crippen LogP contribution in [0.3, 0.4) is 0 Å². The van der Waals surface area contributed by atoms with Crippen molar-refractivity contribution in [3.05, 3.63) is 46.7 Å². The SMILES string of the molecule is CCCSc1ncc(C[C@H](N)C(=O)O)n1Cc1ccccc1Cl. The van der Waals surface area contributed by atoms with Crippen LogP contribution in [0.25, 0.3) is 0 Å². The van der Waals surface area contributed by atoms with Crippen molar-refractivity contribution in [2.45, 2.75) is 37.5 Å². The van der Waals surface area contributed by atoms with E-state index in [0.717, 1.165) is 28.6 Å². The van der Waals surface area contributed by atoms with Crippen LogP contribution in [-0.2, 0) is 17.8 Å². The normalized spacial score (nSPS) is 12.3. The number of nitrogens with two attached hydrogens (primary N) is 1. The minimum absolute atomic E-state index is 0.236. The number of halogens is 1. The second-order valence-corrected chi connectivity index (χ2v) is 6.68. The summed E-state index contributed by atoms with van der Waals surface area (Å²) in [5.41, 5.74) is 7.45. The van der Waals surface area contributed by atoms with Crippen LogP contribution in [0.2, 0.25) is 5.02 Å². The van der Waals surface area contributed by atoms with Crippen molar-refractivity contribution < 1.29 is 9.90 Å². The number of hydrogen-bond acceptors (Lipinski definition) is 4. The number of aliphatic carboxylic acids is 1. The van der Waals surface area contributed by atoms with E-state index < -0.39 is 12.0 Å². The molecule has 0 fully saturated rings. The molecule has 0 spiro atoms. The second-order valence-electron chi connectivity index (χ2n) is 5.21. The van der Waals surface area contributed by atoms with E-state index in [1.165, 1.54) is 0 Å². The average molecular weight is 354 g/mol. The number of thioether (sulfide) groups is 1. The van der Waals surface area contributed by atoms with Gasteiger partial charge in [0.2, 0.25) is 0 Å². The van der Waals surface area contributed by atoms with Crippen LogP contribution in [0.1, 0.15) is 24.6 Å². The Bertz CT molecular complexity index is 675. The summed E-state index contributed by atoms with van der Waals surface area (Å²) in [5.74, 6) is -0.0671. The van der Waals surface area contributed by atoms with Crippen molar-refractivity contribution in [3.63, 3.8) is 0 Å². The summed E-state index contributed by atoms with van der Waals surface area (Å²) in [5, 5.41) is 10.6. The molecule has 0 saturated carbocycles. The van der Waals surface area contributed by atoms with Crippen molar-refractivity contribution in [2.75, 3.05) is 5.75 Å². The lowest BCUT2D eigenvalue weighted by atomic mass is 10.1. The fourth-order valence-corrected chi connectivity index (χ4v) is 3.19. The maximum Gasteiger partial charge on any atom is 0.320 e. The molecular weight excluding hydrogens is 334 g/mol. The predicted octanol–water partition coefficient (Wildman–Crippen LogP) is 3.04. The van der Waals surface area contributed by atoms with Crippen LogP contribution >= 0.6 is 23.4 Å². The van der Waals surface area contributed by atoms with E-state index in [-0.39, 0.29) is 6.42 Å². The molecular formula is C16H20ClN3O2S. The van der Waals surface area contributed by atoms with Gasteiger partial charge < -0.3 is 15.4 Å². The van der Waals surface area contributed by atoms with E-state index >= 15 is 0 Å². The van der Waals surface area contributed by atoms with Gasteiger partial charge in [0.25, 0.3) is 0 Å². The first-order valence-electron chi connectivity index (χ1n) is 7.42. The van der Waals surface area contributed by atoms with Gasteiger partial charge >= 0.3 is 5.97 Å². The molecule has 0 bridgehead atoms. The molecule has 0 aliphatic carbocycles. The van der Waals surface area contributed by atoms with Gasteiger partial charge in [-0.3, -0.25) is 4.79 Å². The molecule has 124 valence electrons. The van der Waals surface area contributed by atoms with Crippen molar-refractivity contribution in [1.82, 2.24) is 9.55 Å². The van der Waals surface area contributed by atoms with Gasteiger partial charge in [0.15, 0.2) is 5.16 Å². The molecule has 0 aliphatic rings. The smallest absolute Gasteiger partial charge is 0.320 e. The number of carboxylic acids is 1. The minimum Gasteiger partial charge on any atom is -0.480 e. The van der Waals surface area contributed by atoms with Gasteiger partial charge in [-0.25, -0.2) is 4.98 Å². The third-order valence-electron chi connectivity index (χ3n) is 3.37. The van der Waals surface area contributed by atoms with Gasteiger partial charge in [-0.15, -0.1) is 0 Å². The lowest BCUT2D eigenvalue weighted by Gasteiger charge is -2.14. The number of aromatic nitrogens is 2. The van der Waals surface area contributed by atoms with Crippen LogP contribution in [0.4, 0.5) is 0 Å². The summed E-state index contributed by atoms with van der Waals surface area (Å²) >= 11 is 7.90. The van der Waals surface area contributed by atoms with Gasteiger partial charge in [0.1, 0.15) is 6.04 Å². The number of benzene rings is 1. The van der Waals surface area contributed by atoms with E-state index in [2.05, 4.69) is 11.9 Å². The number of nitrogens with zero attached hydrogens (tertiary/aromatic N) is 2. The Hall–Kier alpha value is -1.50. The number of imidazole rings is 1. The Labute approximate surface area is 144 Å². The largest absolute Gasteiger partial charge is 0.480 e. The molecule has 23 heavy (non-hydrogen) atoms. The predicted molar refractivity (Wildman–Crippen MR) is 93.1 cm³/mol. The summed E-state index contributed by atoms with van der Waals surface area (Å²) in [6.07, 6.45) is 2.98. The van der Waals surface area contributed by atoms with Crippen molar-refractivity contribution in [3.8, 4) is 0 Å². The van der Waals surface area contributed by atoms with Crippen LogP contribution in [-0.4, -0.2) is 32.4 Å². The molecule has 1 aromatic heterocycles. The highest BCUT2D eigenvalue weighted by molar-refractivity contribution is 7.99. The molecule has 2 rings (SSSR count). The average Bonchev–Trinajstić information content (AvgIpc) is 2.89. The van der Waals surface area contributed by atoms with Gasteiger partial charge in [-0.2, -0.15) is 0 Å². The highest BCUT2D eigenvalue weighted by Gasteiger charge is 2.18. The van der Waals surface area contributed by atoms with E-state index in [1.807, 2.05) is 28.8 Å². The van der Waals surface area contributed by atoms with Gasteiger partial charge in [-0.1, -0.05) is 48.5 Å². The summed E-state index contributed by atoms with van der Waals surface area (Å²) in [7, 11) is 0. The third kappa shape index (κ3) is 4.73. The van der Waals surface area contributed by atoms with Crippen LogP contribution in [0.15, 0.2) is 35.6 Å². The molecule has 0 radical (unpaired) electrons. The molecule has 0 aliphatic heterocycles. The lowest BCUT2D eigenvalue weighted by molar-refractivity contribution is -0.138. The summed E-state index contributed by atoms with van der Waals surface area (Å²) in [6, 6.07) is 6.67. The van der Waals surface area contributed by atoms with Crippen molar-refractivity contribution in [1.29, 1.82) is 0 Å². The Kier molecular flexibility index (Phi) is 6.50. The molecule has 0 unspecified atom stereocenters. The van der Waals surface area contributed by atoms with E-state index in [1.54, 1.807) is 18.0 Å². The van der Waals surface area contributed by atoms with E-state index in [0.29, 0.717) is 11.6 Å². The highest BCUT2D eigenvalue weighted by atomic mass is 35.5. The Morgan fingerprint density at radius 3 is 2.87 bits per heavy atom. The number of carboxylic acid groups (broad SMARTS) is 1. The zero-order valence-electron chi connectivity index (χ0n) is 12.9. The molecule has 0 amide bonds. The first-order chi connectivity index (χ1) is 11.0. The van der Waals surface area contributed by atoms with Gasteiger partial charge in [0, 0.05) is 29.1 Å². The molecule has 0 saturated heterocycles. The fourth-order valence-electron chi connectivity index (χ4n) is 2.14. The third-order valence-corrected chi connectivity index (χ3v) is 4.93. The van der Waals surface area contributed by atoms with Gasteiger partial charge in [0.05, 0.1) is 6.54 Å². The summed E-state index contributed by atoms with van der Waals surface area (Å²) in [6.45, 7) is 2.66. The molecule has 1 atom stereocenters. The monoisotopic (exact) mass is 353 g/mol. The van der Waals surface area contributed by atoms with Crippen LogP contribution in [0.5, 0.6) is 0 Å². The number of carbonyl (C=O) groups is 1. The van der Waals surface area contributed by atoms with Crippen LogP contribution < -0.4 is 5.73 Å². The molecule has 7 heteroatoms. The number of hydrogen-bond donors (Lipinski definition) is 2.